The molecule has 0 saturated carbocycles. The maximum Gasteiger partial charge on any atom is 0.317 e. The standard InChI is InChI=1S/C4H5F2O/c1-3(7)2-4(5)6/h2H2,1H3. The van der Waals surface area contributed by atoms with E-state index in [0.29, 0.717) is 0 Å². The van der Waals surface area contributed by atoms with E-state index in [1.165, 1.54) is 0 Å². The SMILES string of the molecule is CC(=O)C[C](F)F. The van der Waals surface area contributed by atoms with E-state index in [2.05, 4.69) is 0 Å². The zero-order valence-corrected chi connectivity index (χ0v) is 3.87. The van der Waals surface area contributed by atoms with Crippen LogP contribution >= 0.6 is 0 Å². The van der Waals surface area contributed by atoms with Gasteiger partial charge in [0.05, 0.1) is 6.42 Å². The number of ketones is 1. The smallest absolute Gasteiger partial charge is 0.300 e. The predicted octanol–water partition coefficient (Wildman–Crippen LogP) is 1.39. The molecule has 0 amide bonds. The highest BCUT2D eigenvalue weighted by Crippen LogP contribution is 2.07. The lowest BCUT2D eigenvalue weighted by Gasteiger charge is -1.85. The summed E-state index contributed by atoms with van der Waals surface area (Å²) in [5.41, 5.74) is 0. The van der Waals surface area contributed by atoms with Gasteiger partial charge in [0.1, 0.15) is 5.78 Å². The first-order valence-electron chi connectivity index (χ1n) is 1.79. The molecule has 0 N–H and O–H groups in total. The summed E-state index contributed by atoms with van der Waals surface area (Å²) < 4.78 is 22.0. The minimum absolute atomic E-state index is 0.500. The topological polar surface area (TPSA) is 17.1 Å². The molecule has 0 heterocycles. The Morgan fingerprint density at radius 3 is 2.00 bits per heavy atom. The molecule has 3 heteroatoms. The number of hydrogen-bond donors (Lipinski definition) is 0. The van der Waals surface area contributed by atoms with Gasteiger partial charge in [-0.05, 0) is 6.92 Å². The van der Waals surface area contributed by atoms with Crippen molar-refractivity contribution in [2.24, 2.45) is 0 Å². The molecule has 41 valence electrons. The van der Waals surface area contributed by atoms with Crippen LogP contribution in [0.1, 0.15) is 13.3 Å². The highest BCUT2D eigenvalue weighted by atomic mass is 19.3. The fourth-order valence-electron chi connectivity index (χ4n) is 0.188. The summed E-state index contributed by atoms with van der Waals surface area (Å²) in [5.74, 6) is -0.500. The lowest BCUT2D eigenvalue weighted by Crippen LogP contribution is -1.91. The van der Waals surface area contributed by atoms with Crippen molar-refractivity contribution < 1.29 is 13.6 Å². The summed E-state index contributed by atoms with van der Waals surface area (Å²) in [6.45, 7) is 1.12. The number of rotatable bonds is 2. The van der Waals surface area contributed by atoms with E-state index in [1.807, 2.05) is 0 Å². The monoisotopic (exact) mass is 107 g/mol. The minimum Gasteiger partial charge on any atom is -0.300 e. The molecule has 0 spiro atoms. The van der Waals surface area contributed by atoms with Crippen LogP contribution in [0.4, 0.5) is 8.78 Å². The van der Waals surface area contributed by atoms with E-state index in [-0.39, 0.29) is 0 Å². The summed E-state index contributed by atoms with van der Waals surface area (Å²) in [6.07, 6.45) is -2.51. The number of carbonyl (C=O) groups is 1. The third kappa shape index (κ3) is 5.53. The molecule has 1 nitrogen and oxygen atoms in total. The van der Waals surface area contributed by atoms with Crippen molar-refractivity contribution in [1.29, 1.82) is 0 Å². The zero-order chi connectivity index (χ0) is 5.86. The molecule has 0 saturated heterocycles. The molecule has 0 aliphatic rings. The summed E-state index contributed by atoms with van der Waals surface area (Å²) in [5, 5.41) is 0. The van der Waals surface area contributed by atoms with Gasteiger partial charge in [-0.2, -0.15) is 8.78 Å². The third-order valence-electron chi connectivity index (χ3n) is 0.383. The number of halogens is 2. The van der Waals surface area contributed by atoms with Crippen LogP contribution in [-0.2, 0) is 4.79 Å². The highest BCUT2D eigenvalue weighted by molar-refractivity contribution is 5.76. The van der Waals surface area contributed by atoms with Gasteiger partial charge in [0, 0.05) is 0 Å². The Bertz CT molecular complexity index is 70.1. The van der Waals surface area contributed by atoms with Crippen molar-refractivity contribution in [3.05, 3.63) is 6.43 Å². The van der Waals surface area contributed by atoms with Gasteiger partial charge in [0.25, 0.3) is 0 Å². The molecule has 0 fully saturated rings. The van der Waals surface area contributed by atoms with Crippen molar-refractivity contribution in [2.75, 3.05) is 0 Å². The van der Waals surface area contributed by atoms with Crippen LogP contribution < -0.4 is 0 Å². The molecule has 0 aliphatic heterocycles. The third-order valence-corrected chi connectivity index (χ3v) is 0.383. The summed E-state index contributed by atoms with van der Waals surface area (Å²) in [4.78, 5) is 9.75. The molecular weight excluding hydrogens is 102 g/mol. The molecule has 1 radical (unpaired) electrons. The summed E-state index contributed by atoms with van der Waals surface area (Å²) >= 11 is 0. The fourth-order valence-corrected chi connectivity index (χ4v) is 0.188. The lowest BCUT2D eigenvalue weighted by molar-refractivity contribution is -0.117. The van der Waals surface area contributed by atoms with Crippen molar-refractivity contribution in [1.82, 2.24) is 0 Å². The van der Waals surface area contributed by atoms with E-state index >= 15 is 0 Å². The fraction of sp³-hybridized carbons (Fsp3) is 0.500. The average Bonchev–Trinajstić information content (AvgIpc) is 1.27. The van der Waals surface area contributed by atoms with Gasteiger partial charge in [-0.3, -0.25) is 4.79 Å². The molecule has 0 aliphatic carbocycles. The normalized spacial score (nSPS) is 9.71. The maximum atomic E-state index is 11.0. The van der Waals surface area contributed by atoms with Gasteiger partial charge in [0.15, 0.2) is 0 Å². The van der Waals surface area contributed by atoms with Crippen LogP contribution in [0.3, 0.4) is 0 Å². The molecule has 7 heavy (non-hydrogen) atoms. The molecule has 0 unspecified atom stereocenters. The highest BCUT2D eigenvalue weighted by Gasteiger charge is 2.06. The van der Waals surface area contributed by atoms with Crippen molar-refractivity contribution >= 4 is 5.78 Å². The van der Waals surface area contributed by atoms with Crippen molar-refractivity contribution in [3.8, 4) is 0 Å². The Balaban J connectivity index is 3.13. The van der Waals surface area contributed by atoms with E-state index in [4.69, 9.17) is 0 Å². The zero-order valence-electron chi connectivity index (χ0n) is 3.87. The maximum absolute atomic E-state index is 11.0. The molecular formula is C4H5F2O. The molecule has 0 aromatic rings. The van der Waals surface area contributed by atoms with Gasteiger partial charge in [-0.15, -0.1) is 0 Å². The van der Waals surface area contributed by atoms with Crippen LogP contribution in [0.5, 0.6) is 0 Å². The Kier molecular flexibility index (Phi) is 2.48. The van der Waals surface area contributed by atoms with Crippen molar-refractivity contribution in [2.45, 2.75) is 13.3 Å². The van der Waals surface area contributed by atoms with Crippen LogP contribution in [-0.4, -0.2) is 5.78 Å². The quantitative estimate of drug-likeness (QED) is 0.521. The van der Waals surface area contributed by atoms with Crippen LogP contribution in [0.2, 0.25) is 0 Å². The van der Waals surface area contributed by atoms with Crippen LogP contribution in [0.25, 0.3) is 0 Å². The minimum atomic E-state index is -1.81. The van der Waals surface area contributed by atoms with Crippen LogP contribution in [0, 0.1) is 6.43 Å². The number of carbonyl (C=O) groups excluding carboxylic acids is 1. The van der Waals surface area contributed by atoms with Crippen LogP contribution in [0.15, 0.2) is 0 Å². The van der Waals surface area contributed by atoms with Gasteiger partial charge < -0.3 is 0 Å². The summed E-state index contributed by atoms with van der Waals surface area (Å²) in [7, 11) is 0. The molecule has 0 aromatic carbocycles. The van der Waals surface area contributed by atoms with E-state index < -0.39 is 18.6 Å². The van der Waals surface area contributed by atoms with Gasteiger partial charge in [0.2, 0.25) is 0 Å². The number of hydrogen-bond acceptors (Lipinski definition) is 1. The summed E-state index contributed by atoms with van der Waals surface area (Å²) in [6, 6.07) is 0. The molecule has 0 atom stereocenters. The van der Waals surface area contributed by atoms with Gasteiger partial charge in [-0.25, -0.2) is 0 Å². The first-order valence-corrected chi connectivity index (χ1v) is 1.79. The van der Waals surface area contributed by atoms with E-state index in [9.17, 15) is 13.6 Å². The van der Waals surface area contributed by atoms with Gasteiger partial charge in [-0.1, -0.05) is 0 Å². The first kappa shape index (κ1) is 6.53. The molecule has 0 rings (SSSR count). The Hall–Kier alpha value is -0.470. The van der Waals surface area contributed by atoms with Gasteiger partial charge >= 0.3 is 6.43 Å². The van der Waals surface area contributed by atoms with E-state index in [1.54, 1.807) is 0 Å². The molecule has 0 bridgehead atoms. The second kappa shape index (κ2) is 2.66. The average molecular weight is 107 g/mol. The number of Topliss-reactive ketones (excluding diaryl/α,β-unsaturated/α-hetero) is 1. The largest absolute Gasteiger partial charge is 0.317 e. The second-order valence-corrected chi connectivity index (χ2v) is 1.22. The first-order chi connectivity index (χ1) is 3.13. The van der Waals surface area contributed by atoms with Crippen molar-refractivity contribution in [3.63, 3.8) is 0 Å². The Labute approximate surface area is 40.3 Å². The predicted molar refractivity (Wildman–Crippen MR) is 20.8 cm³/mol. The second-order valence-electron chi connectivity index (χ2n) is 1.22. The lowest BCUT2D eigenvalue weighted by atomic mass is 10.3. The molecule has 0 aromatic heterocycles. The van der Waals surface area contributed by atoms with E-state index in [0.717, 1.165) is 6.92 Å². The Morgan fingerprint density at radius 2 is 2.00 bits per heavy atom. The Morgan fingerprint density at radius 1 is 1.57 bits per heavy atom.